The number of carbonyl (C=O) groups excluding carboxylic acids is 2. The Morgan fingerprint density at radius 1 is 1.03 bits per heavy atom. The fourth-order valence-electron chi connectivity index (χ4n) is 4.37. The van der Waals surface area contributed by atoms with Gasteiger partial charge in [0.05, 0.1) is 20.3 Å². The van der Waals surface area contributed by atoms with Crippen molar-refractivity contribution in [1.29, 1.82) is 0 Å². The first kappa shape index (κ1) is 25.6. The molecule has 0 fully saturated rings. The van der Waals surface area contributed by atoms with Crippen LogP contribution in [0.5, 0.6) is 17.2 Å². The molecule has 0 bridgehead atoms. The van der Waals surface area contributed by atoms with E-state index in [9.17, 15) is 9.59 Å². The van der Waals surface area contributed by atoms with Crippen molar-refractivity contribution >= 4 is 23.2 Å². The Labute approximate surface area is 216 Å². The van der Waals surface area contributed by atoms with Gasteiger partial charge in [0.1, 0.15) is 30.4 Å². The molecule has 1 aliphatic heterocycles. The standard InChI is InChI=1S/C28H32N2O5S/c1-19(2)30(28(32)20-8-10-21(33-3)11-9-20)17-27(31)29-14-12-26-24(13-15-36-26)25(29)18-35-23-7-5-6-22(16-23)34-4/h5-11,13,15-16,19,25H,12,14,17-18H2,1-4H3/t25-/m0/s1. The molecule has 2 aromatic carbocycles. The third-order valence-corrected chi connectivity index (χ3v) is 7.39. The molecule has 0 spiro atoms. The van der Waals surface area contributed by atoms with Gasteiger partial charge in [0.15, 0.2) is 0 Å². The molecule has 2 amide bonds. The summed E-state index contributed by atoms with van der Waals surface area (Å²) in [5, 5.41) is 2.06. The molecule has 1 atom stereocenters. The summed E-state index contributed by atoms with van der Waals surface area (Å²) >= 11 is 1.71. The van der Waals surface area contributed by atoms with Crippen LogP contribution in [0.2, 0.25) is 0 Å². The number of hydrogen-bond acceptors (Lipinski definition) is 6. The van der Waals surface area contributed by atoms with Gasteiger partial charge in [-0.25, -0.2) is 0 Å². The van der Waals surface area contributed by atoms with E-state index in [-0.39, 0.29) is 30.4 Å². The number of benzene rings is 2. The summed E-state index contributed by atoms with van der Waals surface area (Å²) in [5.41, 5.74) is 1.63. The van der Waals surface area contributed by atoms with Crippen molar-refractivity contribution in [1.82, 2.24) is 9.80 Å². The third kappa shape index (κ3) is 5.65. The Hall–Kier alpha value is -3.52. The summed E-state index contributed by atoms with van der Waals surface area (Å²) < 4.78 is 16.6. The minimum atomic E-state index is -0.233. The van der Waals surface area contributed by atoms with Crippen molar-refractivity contribution in [2.45, 2.75) is 32.4 Å². The Morgan fingerprint density at radius 3 is 2.44 bits per heavy atom. The lowest BCUT2D eigenvalue weighted by Gasteiger charge is -2.37. The van der Waals surface area contributed by atoms with E-state index in [1.54, 1.807) is 54.7 Å². The quantitative estimate of drug-likeness (QED) is 0.415. The Bertz CT molecular complexity index is 1190. The van der Waals surface area contributed by atoms with Crippen LogP contribution in [0.1, 0.15) is 40.7 Å². The van der Waals surface area contributed by atoms with Crippen molar-refractivity contribution in [3.63, 3.8) is 0 Å². The molecular weight excluding hydrogens is 476 g/mol. The molecule has 0 aliphatic carbocycles. The summed E-state index contributed by atoms with van der Waals surface area (Å²) in [6.07, 6.45) is 0.794. The van der Waals surface area contributed by atoms with Crippen molar-refractivity contribution in [2.24, 2.45) is 0 Å². The highest BCUT2D eigenvalue weighted by molar-refractivity contribution is 7.10. The van der Waals surface area contributed by atoms with Gasteiger partial charge in [-0.05, 0) is 73.7 Å². The van der Waals surface area contributed by atoms with E-state index < -0.39 is 0 Å². The molecule has 0 radical (unpaired) electrons. The summed E-state index contributed by atoms with van der Waals surface area (Å²) in [6, 6.07) is 16.1. The van der Waals surface area contributed by atoms with Crippen LogP contribution in [-0.4, -0.2) is 61.6 Å². The zero-order chi connectivity index (χ0) is 25.7. The van der Waals surface area contributed by atoms with Crippen molar-refractivity contribution in [3.05, 3.63) is 76.0 Å². The average molecular weight is 509 g/mol. The van der Waals surface area contributed by atoms with Crippen LogP contribution in [0.4, 0.5) is 0 Å². The van der Waals surface area contributed by atoms with E-state index in [2.05, 4.69) is 11.4 Å². The fourth-order valence-corrected chi connectivity index (χ4v) is 5.29. The lowest BCUT2D eigenvalue weighted by molar-refractivity contribution is -0.136. The van der Waals surface area contributed by atoms with Gasteiger partial charge < -0.3 is 24.0 Å². The fraction of sp³-hybridized carbons (Fsp3) is 0.357. The van der Waals surface area contributed by atoms with E-state index in [0.29, 0.717) is 36.0 Å². The molecule has 0 unspecified atom stereocenters. The maximum absolute atomic E-state index is 13.6. The first-order chi connectivity index (χ1) is 17.4. The first-order valence-corrected chi connectivity index (χ1v) is 12.9. The molecule has 0 N–H and O–H groups in total. The minimum Gasteiger partial charge on any atom is -0.497 e. The molecule has 8 heteroatoms. The van der Waals surface area contributed by atoms with Gasteiger partial charge in [0.25, 0.3) is 5.91 Å². The normalized spacial score (nSPS) is 14.8. The van der Waals surface area contributed by atoms with Crippen LogP contribution >= 0.6 is 11.3 Å². The number of methoxy groups -OCH3 is 2. The molecule has 0 saturated heterocycles. The number of rotatable bonds is 9. The van der Waals surface area contributed by atoms with Crippen molar-refractivity contribution < 1.29 is 23.8 Å². The highest BCUT2D eigenvalue weighted by Gasteiger charge is 2.34. The molecule has 190 valence electrons. The zero-order valence-electron chi connectivity index (χ0n) is 21.1. The smallest absolute Gasteiger partial charge is 0.254 e. The second kappa shape index (κ2) is 11.5. The number of fused-ring (bicyclic) bond motifs is 1. The van der Waals surface area contributed by atoms with Gasteiger partial charge in [-0.1, -0.05) is 6.07 Å². The maximum atomic E-state index is 13.6. The number of thiophene rings is 1. The zero-order valence-corrected chi connectivity index (χ0v) is 21.9. The van der Waals surface area contributed by atoms with Gasteiger partial charge in [0.2, 0.25) is 5.91 Å². The molecule has 1 aliphatic rings. The molecular formula is C28H32N2O5S. The monoisotopic (exact) mass is 508 g/mol. The number of amides is 2. The predicted octanol–water partition coefficient (Wildman–Crippen LogP) is 4.82. The van der Waals surface area contributed by atoms with Crippen LogP contribution in [0.25, 0.3) is 0 Å². The number of carbonyl (C=O) groups is 2. The van der Waals surface area contributed by atoms with Crippen molar-refractivity contribution in [2.75, 3.05) is 33.9 Å². The number of ether oxygens (including phenoxy) is 3. The highest BCUT2D eigenvalue weighted by Crippen LogP contribution is 2.34. The van der Waals surface area contributed by atoms with E-state index in [4.69, 9.17) is 14.2 Å². The SMILES string of the molecule is COc1ccc(C(=O)N(CC(=O)N2CCc3sccc3[C@@H]2COc2cccc(OC)c2)C(C)C)cc1. The number of hydrogen-bond donors (Lipinski definition) is 0. The second-order valence-corrected chi connectivity index (χ2v) is 9.90. The molecule has 36 heavy (non-hydrogen) atoms. The van der Waals surface area contributed by atoms with Crippen LogP contribution in [-0.2, 0) is 11.2 Å². The number of nitrogens with zero attached hydrogens (tertiary/aromatic N) is 2. The van der Waals surface area contributed by atoms with E-state index in [1.165, 1.54) is 4.88 Å². The minimum absolute atomic E-state index is 0.00232. The predicted molar refractivity (Wildman–Crippen MR) is 140 cm³/mol. The second-order valence-electron chi connectivity index (χ2n) is 8.90. The molecule has 7 nitrogen and oxygen atoms in total. The molecule has 0 saturated carbocycles. The van der Waals surface area contributed by atoms with Crippen LogP contribution < -0.4 is 14.2 Å². The summed E-state index contributed by atoms with van der Waals surface area (Å²) in [4.78, 5) is 31.7. The van der Waals surface area contributed by atoms with E-state index in [0.717, 1.165) is 12.0 Å². The van der Waals surface area contributed by atoms with Crippen molar-refractivity contribution in [3.8, 4) is 17.2 Å². The lowest BCUT2D eigenvalue weighted by atomic mass is 10.00. The van der Waals surface area contributed by atoms with Crippen LogP contribution in [0.3, 0.4) is 0 Å². The van der Waals surface area contributed by atoms with Gasteiger partial charge in [-0.15, -0.1) is 11.3 Å². The third-order valence-electron chi connectivity index (χ3n) is 6.39. The van der Waals surface area contributed by atoms with Gasteiger partial charge >= 0.3 is 0 Å². The summed E-state index contributed by atoms with van der Waals surface area (Å²) in [7, 11) is 3.20. The Balaban J connectivity index is 1.52. The first-order valence-electron chi connectivity index (χ1n) is 12.0. The van der Waals surface area contributed by atoms with Gasteiger partial charge in [-0.2, -0.15) is 0 Å². The molecule has 3 aromatic rings. The highest BCUT2D eigenvalue weighted by atomic mass is 32.1. The van der Waals surface area contributed by atoms with E-state index >= 15 is 0 Å². The maximum Gasteiger partial charge on any atom is 0.254 e. The topological polar surface area (TPSA) is 68.3 Å². The van der Waals surface area contributed by atoms with E-state index in [1.807, 2.05) is 43.0 Å². The van der Waals surface area contributed by atoms with Crippen LogP contribution in [0, 0.1) is 0 Å². The average Bonchev–Trinajstić information content (AvgIpc) is 3.39. The Morgan fingerprint density at radius 2 is 1.75 bits per heavy atom. The largest absolute Gasteiger partial charge is 0.497 e. The molecule has 2 heterocycles. The van der Waals surface area contributed by atoms with Gasteiger partial charge in [-0.3, -0.25) is 9.59 Å². The van der Waals surface area contributed by atoms with Crippen LogP contribution in [0.15, 0.2) is 60.0 Å². The summed E-state index contributed by atoms with van der Waals surface area (Å²) in [5.74, 6) is 1.80. The molecule has 1 aromatic heterocycles. The van der Waals surface area contributed by atoms with Gasteiger partial charge in [0, 0.05) is 29.1 Å². The molecule has 4 rings (SSSR count). The lowest BCUT2D eigenvalue weighted by Crippen LogP contribution is -2.49. The Kier molecular flexibility index (Phi) is 8.15. The summed E-state index contributed by atoms with van der Waals surface area (Å²) in [6.45, 7) is 4.74.